The van der Waals surface area contributed by atoms with Crippen LogP contribution in [0.15, 0.2) is 65.8 Å². The summed E-state index contributed by atoms with van der Waals surface area (Å²) in [4.78, 5) is 13.3. The summed E-state index contributed by atoms with van der Waals surface area (Å²) in [6.45, 7) is 2.21. The summed E-state index contributed by atoms with van der Waals surface area (Å²) in [5.41, 5.74) is 1.82. The maximum Gasteiger partial charge on any atom is 0.364 e. The first kappa shape index (κ1) is 17.3. The Labute approximate surface area is 150 Å². The first-order chi connectivity index (χ1) is 12.8. The van der Waals surface area contributed by atoms with Crippen molar-refractivity contribution in [1.29, 1.82) is 0 Å². The average Bonchev–Trinajstić information content (AvgIpc) is 3.09. The van der Waals surface area contributed by atoms with Crippen LogP contribution < -0.4 is 4.74 Å². The van der Waals surface area contributed by atoms with Gasteiger partial charge in [-0.3, -0.25) is 0 Å². The van der Waals surface area contributed by atoms with Gasteiger partial charge in [-0.1, -0.05) is 65.5 Å². The van der Waals surface area contributed by atoms with E-state index < -0.39 is 5.97 Å². The molecule has 0 N–H and O–H groups in total. The molecule has 2 aromatic carbocycles. The summed E-state index contributed by atoms with van der Waals surface area (Å²) >= 11 is 0. The number of rotatable bonds is 7. The fourth-order valence-electron chi connectivity index (χ4n) is 2.18. The van der Waals surface area contributed by atoms with E-state index in [1.54, 1.807) is 13.1 Å². The number of carbonyl (C=O) groups is 1. The Balaban J connectivity index is 1.86. The second-order valence-electron chi connectivity index (χ2n) is 5.28. The van der Waals surface area contributed by atoms with E-state index in [1.807, 2.05) is 60.7 Å². The molecule has 0 aliphatic rings. The van der Waals surface area contributed by atoms with Crippen LogP contribution in [0.4, 0.5) is 0 Å². The lowest BCUT2D eigenvalue weighted by molar-refractivity contribution is 0.0513. The molecule has 3 aromatic rings. The van der Waals surface area contributed by atoms with Gasteiger partial charge in [-0.15, -0.1) is 5.10 Å². The third-order valence-electron chi connectivity index (χ3n) is 3.42. The second kappa shape index (κ2) is 8.57. The topological polar surface area (TPSA) is 78.6 Å². The van der Waals surface area contributed by atoms with Crippen LogP contribution in [-0.2, 0) is 11.3 Å². The number of benzene rings is 2. The van der Waals surface area contributed by atoms with Gasteiger partial charge in [0.1, 0.15) is 6.61 Å². The number of carbonyl (C=O) groups excluding carboxylic acids is 1. The highest BCUT2D eigenvalue weighted by molar-refractivity contribution is 5.89. The Morgan fingerprint density at radius 1 is 1.12 bits per heavy atom. The van der Waals surface area contributed by atoms with Crippen molar-refractivity contribution in [3.05, 3.63) is 77.5 Å². The molecule has 0 aliphatic carbocycles. The van der Waals surface area contributed by atoms with Gasteiger partial charge in [0, 0.05) is 0 Å². The molecule has 0 amide bonds. The Morgan fingerprint density at radius 2 is 1.81 bits per heavy atom. The molecule has 1 heterocycles. The molecule has 26 heavy (non-hydrogen) atoms. The fourth-order valence-corrected chi connectivity index (χ4v) is 2.18. The van der Waals surface area contributed by atoms with E-state index in [1.165, 1.54) is 4.79 Å². The third-order valence-corrected chi connectivity index (χ3v) is 3.42. The van der Waals surface area contributed by atoms with Crippen LogP contribution in [0.2, 0.25) is 0 Å². The van der Waals surface area contributed by atoms with E-state index in [0.717, 1.165) is 11.1 Å². The van der Waals surface area contributed by atoms with Crippen LogP contribution in [0.1, 0.15) is 28.5 Å². The van der Waals surface area contributed by atoms with Crippen molar-refractivity contribution in [3.8, 4) is 5.88 Å². The number of aromatic nitrogens is 3. The number of nitrogens with zero attached hydrogens (tertiary/aromatic N) is 4. The van der Waals surface area contributed by atoms with Gasteiger partial charge in [0.25, 0.3) is 5.88 Å². The van der Waals surface area contributed by atoms with E-state index in [2.05, 4.69) is 15.4 Å². The molecule has 0 saturated carbocycles. The van der Waals surface area contributed by atoms with Crippen molar-refractivity contribution in [2.75, 3.05) is 6.61 Å². The van der Waals surface area contributed by atoms with Crippen molar-refractivity contribution >= 4 is 12.2 Å². The van der Waals surface area contributed by atoms with Crippen LogP contribution in [0, 0.1) is 0 Å². The number of hydrogen-bond donors (Lipinski definition) is 0. The summed E-state index contributed by atoms with van der Waals surface area (Å²) in [5, 5.41) is 12.0. The van der Waals surface area contributed by atoms with Crippen LogP contribution in [0.3, 0.4) is 0 Å². The minimum atomic E-state index is -0.600. The Bertz CT molecular complexity index is 876. The summed E-state index contributed by atoms with van der Waals surface area (Å²) in [7, 11) is 0. The molecule has 0 unspecified atom stereocenters. The van der Waals surface area contributed by atoms with Crippen LogP contribution in [-0.4, -0.2) is 33.9 Å². The predicted molar refractivity (Wildman–Crippen MR) is 96.2 cm³/mol. The zero-order chi connectivity index (χ0) is 18.2. The lowest BCUT2D eigenvalue weighted by Gasteiger charge is -2.07. The Kier molecular flexibility index (Phi) is 5.72. The second-order valence-corrected chi connectivity index (χ2v) is 5.28. The maximum atomic E-state index is 12.1. The van der Waals surface area contributed by atoms with Crippen molar-refractivity contribution in [2.24, 2.45) is 5.10 Å². The van der Waals surface area contributed by atoms with Gasteiger partial charge in [0.05, 0.1) is 12.8 Å². The van der Waals surface area contributed by atoms with Crippen molar-refractivity contribution < 1.29 is 14.3 Å². The maximum absolute atomic E-state index is 12.1. The molecule has 7 nitrogen and oxygen atoms in total. The van der Waals surface area contributed by atoms with Gasteiger partial charge in [0.2, 0.25) is 5.69 Å². The molecule has 0 aliphatic heterocycles. The molecular weight excluding hydrogens is 332 g/mol. The average molecular weight is 350 g/mol. The van der Waals surface area contributed by atoms with E-state index in [4.69, 9.17) is 9.47 Å². The van der Waals surface area contributed by atoms with Crippen LogP contribution >= 0.6 is 0 Å². The molecule has 0 atom stereocenters. The van der Waals surface area contributed by atoms with Gasteiger partial charge in [-0.05, 0) is 23.3 Å². The highest BCUT2D eigenvalue weighted by Gasteiger charge is 2.22. The third kappa shape index (κ3) is 4.32. The van der Waals surface area contributed by atoms with Crippen LogP contribution in [0.25, 0.3) is 0 Å². The zero-order valence-electron chi connectivity index (χ0n) is 14.3. The normalized spacial score (nSPS) is 10.8. The fraction of sp³-hybridized carbons (Fsp3) is 0.158. The molecular formula is C19H18N4O3. The summed E-state index contributed by atoms with van der Waals surface area (Å²) in [6, 6.07) is 19.1. The van der Waals surface area contributed by atoms with E-state index in [9.17, 15) is 4.79 Å². The van der Waals surface area contributed by atoms with E-state index in [-0.39, 0.29) is 24.8 Å². The molecule has 0 radical (unpaired) electrons. The molecule has 7 heteroatoms. The molecule has 0 saturated heterocycles. The Morgan fingerprint density at radius 3 is 2.50 bits per heavy atom. The summed E-state index contributed by atoms with van der Waals surface area (Å²) in [5.74, 6) is -0.462. The van der Waals surface area contributed by atoms with Gasteiger partial charge in [-0.25, -0.2) is 4.79 Å². The number of hydrogen-bond acceptors (Lipinski definition) is 6. The van der Waals surface area contributed by atoms with Crippen LogP contribution in [0.5, 0.6) is 5.88 Å². The Hall–Kier alpha value is -3.48. The molecule has 1 aromatic heterocycles. The molecule has 0 bridgehead atoms. The minimum absolute atomic E-state index is 0.00649. The van der Waals surface area contributed by atoms with Gasteiger partial charge < -0.3 is 9.47 Å². The van der Waals surface area contributed by atoms with Crippen molar-refractivity contribution in [2.45, 2.75) is 13.5 Å². The highest BCUT2D eigenvalue weighted by Crippen LogP contribution is 2.18. The van der Waals surface area contributed by atoms with Gasteiger partial charge >= 0.3 is 5.97 Å². The predicted octanol–water partition coefficient (Wildman–Crippen LogP) is 2.92. The smallest absolute Gasteiger partial charge is 0.364 e. The largest absolute Gasteiger partial charge is 0.470 e. The number of esters is 1. The summed E-state index contributed by atoms with van der Waals surface area (Å²) in [6.07, 6.45) is 1.61. The lowest BCUT2D eigenvalue weighted by atomic mass is 10.2. The first-order valence-electron chi connectivity index (χ1n) is 8.17. The SMILES string of the molecule is CCOC(=O)c1nnn(/N=C\c2ccccc2)c1OCc1ccccc1. The van der Waals surface area contributed by atoms with Crippen molar-refractivity contribution in [1.82, 2.24) is 15.1 Å². The zero-order valence-corrected chi connectivity index (χ0v) is 14.3. The molecule has 132 valence electrons. The standard InChI is InChI=1S/C19H18N4O3/c1-2-25-19(24)17-18(26-14-16-11-7-4-8-12-16)23(22-21-17)20-13-15-9-5-3-6-10-15/h3-13H,2,14H2,1H3/b20-13-. The quantitative estimate of drug-likeness (QED) is 0.483. The minimum Gasteiger partial charge on any atom is -0.470 e. The van der Waals surface area contributed by atoms with E-state index >= 15 is 0 Å². The van der Waals surface area contributed by atoms with E-state index in [0.29, 0.717) is 0 Å². The monoisotopic (exact) mass is 350 g/mol. The number of ether oxygens (including phenoxy) is 2. The molecule has 0 spiro atoms. The summed E-state index contributed by atoms with van der Waals surface area (Å²) < 4.78 is 10.8. The molecule has 0 fully saturated rings. The van der Waals surface area contributed by atoms with Gasteiger partial charge in [0.15, 0.2) is 0 Å². The highest BCUT2D eigenvalue weighted by atomic mass is 16.5. The molecule has 3 rings (SSSR count). The lowest BCUT2D eigenvalue weighted by Crippen LogP contribution is -2.09. The van der Waals surface area contributed by atoms with Gasteiger partial charge in [-0.2, -0.15) is 5.10 Å². The van der Waals surface area contributed by atoms with Crippen molar-refractivity contribution in [3.63, 3.8) is 0 Å². The first-order valence-corrected chi connectivity index (χ1v) is 8.17.